The quantitative estimate of drug-likeness (QED) is 0.888. The van der Waals surface area contributed by atoms with E-state index in [1.165, 1.54) is 5.56 Å². The molecular weight excluding hydrogens is 234 g/mol. The molecule has 3 rings (SSSR count). The van der Waals surface area contributed by atoms with E-state index in [2.05, 4.69) is 15.5 Å². The molecule has 4 nitrogen and oxygen atoms in total. The van der Waals surface area contributed by atoms with E-state index < -0.39 is 0 Å². The van der Waals surface area contributed by atoms with Crippen molar-refractivity contribution in [3.63, 3.8) is 0 Å². The topological polar surface area (TPSA) is 64.9 Å². The number of nitrogens with two attached hydrogens (primary N) is 1. The summed E-state index contributed by atoms with van der Waals surface area (Å²) in [6, 6.07) is 0. The van der Waals surface area contributed by atoms with E-state index in [9.17, 15) is 0 Å². The number of thiophene rings is 1. The lowest BCUT2D eigenvalue weighted by atomic mass is 9.99. The lowest BCUT2D eigenvalue weighted by molar-refractivity contribution is 0.372. The Balaban J connectivity index is 1.96. The van der Waals surface area contributed by atoms with Crippen LogP contribution >= 0.6 is 11.3 Å². The number of nitrogens with zero attached hydrogens (tertiary/aromatic N) is 2. The van der Waals surface area contributed by atoms with Gasteiger partial charge in [-0.05, 0) is 30.7 Å². The van der Waals surface area contributed by atoms with Crippen LogP contribution in [0.25, 0.3) is 11.5 Å². The van der Waals surface area contributed by atoms with E-state index in [-0.39, 0.29) is 5.54 Å². The van der Waals surface area contributed by atoms with Crippen LogP contribution in [0, 0.1) is 6.92 Å². The molecule has 2 heterocycles. The second-order valence-electron chi connectivity index (χ2n) is 4.75. The van der Waals surface area contributed by atoms with Gasteiger partial charge in [-0.1, -0.05) is 18.0 Å². The third-order valence-electron chi connectivity index (χ3n) is 3.45. The van der Waals surface area contributed by atoms with E-state index in [0.717, 1.165) is 31.2 Å². The molecule has 0 amide bonds. The van der Waals surface area contributed by atoms with Crippen molar-refractivity contribution >= 4 is 11.3 Å². The Kier molecular flexibility index (Phi) is 2.52. The minimum Gasteiger partial charge on any atom is -0.334 e. The molecule has 5 heteroatoms. The Morgan fingerprint density at radius 3 is 2.76 bits per heavy atom. The summed E-state index contributed by atoms with van der Waals surface area (Å²) in [5, 5.41) is 8.17. The van der Waals surface area contributed by atoms with Crippen LogP contribution in [0.4, 0.5) is 0 Å². The summed E-state index contributed by atoms with van der Waals surface area (Å²) in [4.78, 5) is 4.47. The molecule has 1 aliphatic carbocycles. The van der Waals surface area contributed by atoms with Gasteiger partial charge in [0, 0.05) is 5.38 Å². The summed E-state index contributed by atoms with van der Waals surface area (Å²) in [5.74, 6) is 1.26. The molecule has 17 heavy (non-hydrogen) atoms. The van der Waals surface area contributed by atoms with Gasteiger partial charge in [0.05, 0.1) is 11.1 Å². The first-order valence-corrected chi connectivity index (χ1v) is 6.79. The van der Waals surface area contributed by atoms with Gasteiger partial charge in [-0.15, -0.1) is 0 Å². The zero-order valence-corrected chi connectivity index (χ0v) is 10.6. The van der Waals surface area contributed by atoms with Gasteiger partial charge in [0.2, 0.25) is 0 Å². The van der Waals surface area contributed by atoms with Gasteiger partial charge in [-0.25, -0.2) is 0 Å². The summed E-state index contributed by atoms with van der Waals surface area (Å²) in [7, 11) is 0. The highest BCUT2D eigenvalue weighted by molar-refractivity contribution is 7.08. The molecule has 0 radical (unpaired) electrons. The summed E-state index contributed by atoms with van der Waals surface area (Å²) in [5.41, 5.74) is 8.13. The molecule has 0 aliphatic heterocycles. The number of aromatic nitrogens is 2. The fourth-order valence-corrected chi connectivity index (χ4v) is 3.17. The van der Waals surface area contributed by atoms with Gasteiger partial charge in [-0.3, -0.25) is 0 Å². The van der Waals surface area contributed by atoms with Gasteiger partial charge >= 0.3 is 0 Å². The Hall–Kier alpha value is -1.20. The predicted octanol–water partition coefficient (Wildman–Crippen LogP) is 2.83. The van der Waals surface area contributed by atoms with E-state index in [4.69, 9.17) is 10.3 Å². The van der Waals surface area contributed by atoms with Gasteiger partial charge in [0.15, 0.2) is 5.82 Å². The van der Waals surface area contributed by atoms with Crippen LogP contribution in [0.2, 0.25) is 0 Å². The first kappa shape index (κ1) is 10.9. The Morgan fingerprint density at radius 2 is 2.12 bits per heavy atom. The minimum atomic E-state index is -0.369. The van der Waals surface area contributed by atoms with E-state index in [1.54, 1.807) is 11.3 Å². The van der Waals surface area contributed by atoms with Crippen LogP contribution in [-0.4, -0.2) is 10.1 Å². The second-order valence-corrected chi connectivity index (χ2v) is 5.50. The molecule has 0 saturated heterocycles. The fraction of sp³-hybridized carbons (Fsp3) is 0.500. The standard InChI is InChI=1S/C12H15N3OS/c1-8-6-17-7-9(8)10-14-11(15-16-10)12(13)4-2-3-5-12/h6-7H,2-5,13H2,1H3. The van der Waals surface area contributed by atoms with E-state index >= 15 is 0 Å². The molecule has 1 aliphatic rings. The van der Waals surface area contributed by atoms with Crippen molar-refractivity contribution in [2.75, 3.05) is 0 Å². The van der Waals surface area contributed by atoms with Crippen molar-refractivity contribution in [1.29, 1.82) is 0 Å². The van der Waals surface area contributed by atoms with Gasteiger partial charge in [-0.2, -0.15) is 16.3 Å². The molecule has 2 N–H and O–H groups in total. The normalized spacial score (nSPS) is 18.7. The first-order valence-electron chi connectivity index (χ1n) is 5.85. The third kappa shape index (κ3) is 1.79. The number of hydrogen-bond donors (Lipinski definition) is 1. The maximum Gasteiger partial charge on any atom is 0.259 e. The zero-order valence-electron chi connectivity index (χ0n) is 9.77. The molecular formula is C12H15N3OS. The van der Waals surface area contributed by atoms with Crippen molar-refractivity contribution in [2.45, 2.75) is 38.1 Å². The number of rotatable bonds is 2. The highest BCUT2D eigenvalue weighted by atomic mass is 32.1. The molecule has 2 aromatic heterocycles. The number of hydrogen-bond acceptors (Lipinski definition) is 5. The highest BCUT2D eigenvalue weighted by Crippen LogP contribution is 2.36. The molecule has 1 fully saturated rings. The lowest BCUT2D eigenvalue weighted by Gasteiger charge is -2.17. The third-order valence-corrected chi connectivity index (χ3v) is 4.31. The van der Waals surface area contributed by atoms with Crippen LogP contribution in [0.15, 0.2) is 15.3 Å². The van der Waals surface area contributed by atoms with Crippen molar-refractivity contribution in [1.82, 2.24) is 10.1 Å². The SMILES string of the molecule is Cc1cscc1-c1nc(C2(N)CCCC2)no1. The molecule has 90 valence electrons. The summed E-state index contributed by atoms with van der Waals surface area (Å²) >= 11 is 1.64. The second kappa shape index (κ2) is 3.92. The predicted molar refractivity (Wildman–Crippen MR) is 66.7 cm³/mol. The van der Waals surface area contributed by atoms with Crippen LogP contribution in [0.3, 0.4) is 0 Å². The molecule has 1 saturated carbocycles. The zero-order chi connectivity index (χ0) is 11.9. The Labute approximate surface area is 104 Å². The molecule has 0 bridgehead atoms. The molecule has 2 aromatic rings. The summed E-state index contributed by atoms with van der Waals surface area (Å²) in [6.45, 7) is 2.05. The van der Waals surface area contributed by atoms with Crippen LogP contribution in [0.5, 0.6) is 0 Å². The first-order chi connectivity index (χ1) is 8.19. The van der Waals surface area contributed by atoms with Gasteiger partial charge < -0.3 is 10.3 Å². The maximum atomic E-state index is 6.30. The maximum absolute atomic E-state index is 6.30. The van der Waals surface area contributed by atoms with Crippen molar-refractivity contribution in [3.8, 4) is 11.5 Å². The Morgan fingerprint density at radius 1 is 1.35 bits per heavy atom. The van der Waals surface area contributed by atoms with E-state index in [0.29, 0.717) is 11.7 Å². The van der Waals surface area contributed by atoms with Crippen molar-refractivity contribution in [3.05, 3.63) is 22.1 Å². The minimum absolute atomic E-state index is 0.369. The average Bonchev–Trinajstić information content (AvgIpc) is 2.97. The van der Waals surface area contributed by atoms with Crippen LogP contribution in [0.1, 0.15) is 37.1 Å². The monoisotopic (exact) mass is 249 g/mol. The molecule has 0 atom stereocenters. The smallest absolute Gasteiger partial charge is 0.259 e. The van der Waals surface area contributed by atoms with Crippen molar-refractivity contribution in [2.24, 2.45) is 5.73 Å². The average molecular weight is 249 g/mol. The van der Waals surface area contributed by atoms with Gasteiger partial charge in [0.1, 0.15) is 0 Å². The summed E-state index contributed by atoms with van der Waals surface area (Å²) in [6.07, 6.45) is 4.21. The Bertz CT molecular complexity index is 525. The highest BCUT2D eigenvalue weighted by Gasteiger charge is 2.36. The van der Waals surface area contributed by atoms with E-state index in [1.807, 2.05) is 12.3 Å². The molecule has 0 unspecified atom stereocenters. The molecule has 0 spiro atoms. The largest absolute Gasteiger partial charge is 0.334 e. The molecule has 0 aromatic carbocycles. The van der Waals surface area contributed by atoms with Crippen LogP contribution < -0.4 is 5.73 Å². The lowest BCUT2D eigenvalue weighted by Crippen LogP contribution is -2.34. The van der Waals surface area contributed by atoms with Crippen LogP contribution in [-0.2, 0) is 5.54 Å². The fourth-order valence-electron chi connectivity index (χ4n) is 2.34. The van der Waals surface area contributed by atoms with Crippen molar-refractivity contribution < 1.29 is 4.52 Å². The summed E-state index contributed by atoms with van der Waals surface area (Å²) < 4.78 is 5.33. The number of aryl methyl sites for hydroxylation is 1. The van der Waals surface area contributed by atoms with Gasteiger partial charge in [0.25, 0.3) is 5.89 Å².